The smallest absolute Gasteiger partial charge is 0.0121 e. The van der Waals surface area contributed by atoms with Gasteiger partial charge in [0.05, 0.1) is 0 Å². The Balaban J connectivity index is 0. The average molecular weight is 143 g/mol. The fourth-order valence-electron chi connectivity index (χ4n) is 0.724. The molecule has 1 radical (unpaired) electrons. The number of allylic oxidation sites excluding steroid dienone is 2. The van der Waals surface area contributed by atoms with Crippen molar-refractivity contribution in [3.63, 3.8) is 0 Å². The first kappa shape index (κ1) is 13.5. The molecule has 0 nitrogen and oxygen atoms in total. The topological polar surface area (TPSA) is 0 Å². The molecule has 0 saturated heterocycles. The third-order valence-electron chi connectivity index (χ3n) is 1.35. The monoisotopic (exact) mass is 143 g/mol. The van der Waals surface area contributed by atoms with Crippen LogP contribution >= 0.6 is 0 Å². The largest absolute Gasteiger partial charge is 0.120 e. The summed E-state index contributed by atoms with van der Waals surface area (Å²) >= 11 is 0. The van der Waals surface area contributed by atoms with Gasteiger partial charge in [0, 0.05) is 25.3 Å². The van der Waals surface area contributed by atoms with E-state index in [4.69, 9.17) is 6.42 Å². The van der Waals surface area contributed by atoms with Crippen molar-refractivity contribution in [2.45, 2.75) is 39.0 Å². The predicted molar refractivity (Wildman–Crippen MR) is 52.5 cm³/mol. The summed E-state index contributed by atoms with van der Waals surface area (Å²) in [7, 11) is 0. The van der Waals surface area contributed by atoms with E-state index in [-0.39, 0.29) is 18.9 Å². The number of terminal acetylenes is 1. The first-order valence-corrected chi connectivity index (χ1v) is 4.00. The van der Waals surface area contributed by atoms with Crippen LogP contribution in [0.25, 0.3) is 0 Å². The van der Waals surface area contributed by atoms with Crippen molar-refractivity contribution in [1.82, 2.24) is 0 Å². The quantitative estimate of drug-likeness (QED) is 0.240. The molecule has 0 fully saturated rings. The van der Waals surface area contributed by atoms with Crippen LogP contribution < -0.4 is 0 Å². The maximum absolute atomic E-state index is 5.09. The van der Waals surface area contributed by atoms with Crippen LogP contribution in [0.3, 0.4) is 0 Å². The molecule has 57 valence electrons. The Morgan fingerprint density at radius 1 is 1.27 bits per heavy atom. The maximum Gasteiger partial charge on any atom is 0.0121 e. The number of hydrogen-bond acceptors (Lipinski definition) is 0. The molecule has 0 rings (SSSR count). The summed E-state index contributed by atoms with van der Waals surface area (Å²) in [4.78, 5) is 0. The molecule has 0 heterocycles. The molecule has 1 heteroatoms. The van der Waals surface area contributed by atoms with Crippen LogP contribution in [0.5, 0.6) is 0 Å². The summed E-state index contributed by atoms with van der Waals surface area (Å²) in [6.45, 7) is 2.20. The molecule has 0 unspecified atom stereocenters. The van der Waals surface area contributed by atoms with E-state index in [1.807, 2.05) is 0 Å². The van der Waals surface area contributed by atoms with Crippen molar-refractivity contribution in [2.24, 2.45) is 0 Å². The van der Waals surface area contributed by atoms with Crippen LogP contribution in [0, 0.1) is 12.3 Å². The minimum Gasteiger partial charge on any atom is -0.120 e. The first-order chi connectivity index (χ1) is 4.91. The van der Waals surface area contributed by atoms with Gasteiger partial charge in [0.1, 0.15) is 0 Å². The fraction of sp³-hybridized carbons (Fsp3) is 0.600. The van der Waals surface area contributed by atoms with Gasteiger partial charge in [-0.3, -0.25) is 0 Å². The van der Waals surface area contributed by atoms with E-state index < -0.39 is 0 Å². The second-order valence-corrected chi connectivity index (χ2v) is 2.36. The molecule has 0 aliphatic heterocycles. The zero-order chi connectivity index (χ0) is 7.66. The van der Waals surface area contributed by atoms with Gasteiger partial charge in [-0.1, -0.05) is 31.9 Å². The molecular formula is C10H16Li. The summed E-state index contributed by atoms with van der Waals surface area (Å²) in [6.07, 6.45) is 15.2. The van der Waals surface area contributed by atoms with Crippen molar-refractivity contribution in [1.29, 1.82) is 0 Å². The zero-order valence-electron chi connectivity index (χ0n) is 7.77. The third kappa shape index (κ3) is 13.0. The molecule has 0 spiro atoms. The molecule has 11 heavy (non-hydrogen) atoms. The number of hydrogen-bond donors (Lipinski definition) is 0. The van der Waals surface area contributed by atoms with E-state index >= 15 is 0 Å². The zero-order valence-corrected chi connectivity index (χ0v) is 7.77. The van der Waals surface area contributed by atoms with Crippen LogP contribution in [-0.4, -0.2) is 18.9 Å². The van der Waals surface area contributed by atoms with Gasteiger partial charge in [-0.25, -0.2) is 0 Å². The summed E-state index contributed by atoms with van der Waals surface area (Å²) < 4.78 is 0. The van der Waals surface area contributed by atoms with Gasteiger partial charge in [-0.15, -0.1) is 12.3 Å². The summed E-state index contributed by atoms with van der Waals surface area (Å²) in [6, 6.07) is 0. The number of unbranched alkanes of at least 4 members (excludes halogenated alkanes) is 3. The van der Waals surface area contributed by atoms with Crippen LogP contribution in [0.2, 0.25) is 0 Å². The Morgan fingerprint density at radius 2 is 1.91 bits per heavy atom. The van der Waals surface area contributed by atoms with Crippen LogP contribution in [0.15, 0.2) is 12.2 Å². The van der Waals surface area contributed by atoms with E-state index in [2.05, 4.69) is 25.0 Å². The molecule has 0 N–H and O–H groups in total. The van der Waals surface area contributed by atoms with Crippen LogP contribution in [0.4, 0.5) is 0 Å². The standard InChI is InChI=1S/C10H16.Li/c1-3-5-7-9-10-8-6-4-2;/h1,9-10H,4-8H2,2H3;/b10-9+;. The van der Waals surface area contributed by atoms with Gasteiger partial charge >= 0.3 is 0 Å². The van der Waals surface area contributed by atoms with Crippen molar-refractivity contribution < 1.29 is 0 Å². The van der Waals surface area contributed by atoms with Crippen molar-refractivity contribution in [3.05, 3.63) is 12.2 Å². The summed E-state index contributed by atoms with van der Waals surface area (Å²) in [5.41, 5.74) is 0. The van der Waals surface area contributed by atoms with Gasteiger partial charge < -0.3 is 0 Å². The Kier molecular flexibility index (Phi) is 15.4. The van der Waals surface area contributed by atoms with Gasteiger partial charge in [-0.2, -0.15) is 0 Å². The van der Waals surface area contributed by atoms with E-state index in [0.717, 1.165) is 12.8 Å². The molecule has 0 aliphatic carbocycles. The molecule has 0 aromatic carbocycles. The average Bonchev–Trinajstić information content (AvgIpc) is 1.97. The molecule has 0 bridgehead atoms. The molecular weight excluding hydrogens is 127 g/mol. The molecule has 0 aromatic heterocycles. The van der Waals surface area contributed by atoms with Crippen molar-refractivity contribution in [3.8, 4) is 12.3 Å². The van der Waals surface area contributed by atoms with Gasteiger partial charge in [0.2, 0.25) is 0 Å². The van der Waals surface area contributed by atoms with Crippen molar-refractivity contribution in [2.75, 3.05) is 0 Å². The molecule has 0 aromatic rings. The second kappa shape index (κ2) is 12.6. The van der Waals surface area contributed by atoms with Gasteiger partial charge in [0.25, 0.3) is 0 Å². The Bertz CT molecular complexity index is 119. The molecule has 0 aliphatic rings. The normalized spacial score (nSPS) is 9.09. The summed E-state index contributed by atoms with van der Waals surface area (Å²) in [5.74, 6) is 2.61. The Hall–Kier alpha value is -0.103. The molecule has 0 amide bonds. The fourth-order valence-corrected chi connectivity index (χ4v) is 0.724. The molecule has 0 atom stereocenters. The minimum absolute atomic E-state index is 0. The first-order valence-electron chi connectivity index (χ1n) is 4.00. The van der Waals surface area contributed by atoms with Crippen molar-refractivity contribution >= 4 is 18.9 Å². The van der Waals surface area contributed by atoms with Crippen LogP contribution in [0.1, 0.15) is 39.0 Å². The second-order valence-electron chi connectivity index (χ2n) is 2.36. The van der Waals surface area contributed by atoms with E-state index in [9.17, 15) is 0 Å². The van der Waals surface area contributed by atoms with Gasteiger partial charge in [0.15, 0.2) is 0 Å². The Labute approximate surface area is 82.6 Å². The van der Waals surface area contributed by atoms with Gasteiger partial charge in [-0.05, 0) is 12.8 Å². The van der Waals surface area contributed by atoms with E-state index in [1.54, 1.807) is 0 Å². The molecule has 0 saturated carbocycles. The third-order valence-corrected chi connectivity index (χ3v) is 1.35. The summed E-state index contributed by atoms with van der Waals surface area (Å²) in [5, 5.41) is 0. The van der Waals surface area contributed by atoms with E-state index in [1.165, 1.54) is 19.3 Å². The predicted octanol–water partition coefficient (Wildman–Crippen LogP) is 2.77. The van der Waals surface area contributed by atoms with Crippen LogP contribution in [-0.2, 0) is 0 Å². The van der Waals surface area contributed by atoms with E-state index in [0.29, 0.717) is 0 Å². The Morgan fingerprint density at radius 3 is 2.45 bits per heavy atom. The minimum atomic E-state index is 0. The SMILES string of the molecule is C#CCC/C=C/CCCC.[Li]. The maximum atomic E-state index is 5.09. The number of rotatable bonds is 5.